The highest BCUT2D eigenvalue weighted by atomic mass is 35.5. The van der Waals surface area contributed by atoms with E-state index in [1.807, 2.05) is 6.07 Å². The largest absolute Gasteiger partial charge is 0.497 e. The zero-order valence-corrected chi connectivity index (χ0v) is 16.9. The number of rotatable bonds is 6. The lowest BCUT2D eigenvalue weighted by Gasteiger charge is -2.11. The van der Waals surface area contributed by atoms with Gasteiger partial charge in [0.05, 0.1) is 17.8 Å². The molecule has 0 aliphatic rings. The lowest BCUT2D eigenvalue weighted by Crippen LogP contribution is -2.13. The molecule has 0 atom stereocenters. The summed E-state index contributed by atoms with van der Waals surface area (Å²) in [7, 11) is 1.54. The molecule has 0 saturated heterocycles. The van der Waals surface area contributed by atoms with Crippen LogP contribution in [0, 0.1) is 17.1 Å². The van der Waals surface area contributed by atoms with E-state index in [2.05, 4.69) is 5.32 Å². The lowest BCUT2D eigenvalue weighted by molar-refractivity contribution is -0.112. The monoisotopic (exact) mass is 420 g/mol. The van der Waals surface area contributed by atoms with E-state index >= 15 is 0 Å². The van der Waals surface area contributed by atoms with Gasteiger partial charge in [0, 0.05) is 6.42 Å². The maximum Gasteiger partial charge on any atom is 0.266 e. The molecule has 0 aromatic heterocycles. The Morgan fingerprint density at radius 1 is 1.13 bits per heavy atom. The molecule has 0 aliphatic heterocycles. The molecule has 0 heterocycles. The summed E-state index contributed by atoms with van der Waals surface area (Å²) in [5, 5.41) is 12.5. The number of nitriles is 1. The first-order valence-corrected chi connectivity index (χ1v) is 9.47. The SMILES string of the molecule is COc1ccc(/C=C(\C#N)C(=O)Nc2ccccc2Cl)c(Cc2ccccc2F)c1. The summed E-state index contributed by atoms with van der Waals surface area (Å²) < 4.78 is 19.4. The molecule has 0 saturated carbocycles. The predicted molar refractivity (Wildman–Crippen MR) is 116 cm³/mol. The van der Waals surface area contributed by atoms with E-state index in [0.29, 0.717) is 27.6 Å². The second kappa shape index (κ2) is 9.73. The number of amides is 1. The van der Waals surface area contributed by atoms with Gasteiger partial charge in [-0.15, -0.1) is 0 Å². The van der Waals surface area contributed by atoms with Crippen molar-refractivity contribution >= 4 is 29.3 Å². The molecule has 1 N–H and O–H groups in total. The summed E-state index contributed by atoms with van der Waals surface area (Å²) in [6, 6.07) is 20.4. The third-order valence-corrected chi connectivity index (χ3v) is 4.81. The number of nitrogens with one attached hydrogen (secondary N) is 1. The average molecular weight is 421 g/mol. The molecule has 0 bridgehead atoms. The van der Waals surface area contributed by atoms with Gasteiger partial charge in [-0.25, -0.2) is 4.39 Å². The number of methoxy groups -OCH3 is 1. The molecule has 3 aromatic carbocycles. The second-order valence-corrected chi connectivity index (χ2v) is 6.84. The van der Waals surface area contributed by atoms with Crippen LogP contribution in [0.25, 0.3) is 6.08 Å². The second-order valence-electron chi connectivity index (χ2n) is 6.44. The molecule has 0 fully saturated rings. The van der Waals surface area contributed by atoms with Crippen molar-refractivity contribution in [3.63, 3.8) is 0 Å². The van der Waals surface area contributed by atoms with Crippen molar-refractivity contribution in [2.24, 2.45) is 0 Å². The van der Waals surface area contributed by atoms with Crippen LogP contribution in [-0.2, 0) is 11.2 Å². The van der Waals surface area contributed by atoms with Crippen LogP contribution in [0.5, 0.6) is 5.75 Å². The summed E-state index contributed by atoms with van der Waals surface area (Å²) in [6.45, 7) is 0. The van der Waals surface area contributed by atoms with Crippen molar-refractivity contribution in [2.45, 2.75) is 6.42 Å². The third-order valence-electron chi connectivity index (χ3n) is 4.48. The van der Waals surface area contributed by atoms with Crippen molar-refractivity contribution in [1.29, 1.82) is 5.26 Å². The number of halogens is 2. The highest BCUT2D eigenvalue weighted by Crippen LogP contribution is 2.25. The highest BCUT2D eigenvalue weighted by molar-refractivity contribution is 6.34. The summed E-state index contributed by atoms with van der Waals surface area (Å²) in [5.41, 5.74) is 2.14. The quantitative estimate of drug-likeness (QED) is 0.415. The van der Waals surface area contributed by atoms with Crippen LogP contribution in [-0.4, -0.2) is 13.0 Å². The van der Waals surface area contributed by atoms with Crippen molar-refractivity contribution < 1.29 is 13.9 Å². The Hall–Kier alpha value is -3.62. The number of hydrogen-bond acceptors (Lipinski definition) is 3. The van der Waals surface area contributed by atoms with Gasteiger partial charge in [-0.3, -0.25) is 4.79 Å². The molecule has 4 nitrogen and oxygen atoms in total. The molecular weight excluding hydrogens is 403 g/mol. The van der Waals surface area contributed by atoms with Crippen LogP contribution in [0.4, 0.5) is 10.1 Å². The number of anilines is 1. The summed E-state index contributed by atoms with van der Waals surface area (Å²) >= 11 is 6.07. The third kappa shape index (κ3) is 5.05. The van der Waals surface area contributed by atoms with Crippen LogP contribution in [0.2, 0.25) is 5.02 Å². The first kappa shape index (κ1) is 21.1. The van der Waals surface area contributed by atoms with Crippen molar-refractivity contribution in [2.75, 3.05) is 12.4 Å². The Balaban J connectivity index is 1.95. The fraction of sp³-hybridized carbons (Fsp3) is 0.0833. The van der Waals surface area contributed by atoms with Gasteiger partial charge in [-0.05, 0) is 53.1 Å². The van der Waals surface area contributed by atoms with Crippen LogP contribution in [0.1, 0.15) is 16.7 Å². The van der Waals surface area contributed by atoms with Crippen LogP contribution < -0.4 is 10.1 Å². The van der Waals surface area contributed by atoms with E-state index in [9.17, 15) is 14.4 Å². The zero-order chi connectivity index (χ0) is 21.5. The van der Waals surface area contributed by atoms with E-state index in [0.717, 1.165) is 5.56 Å². The molecule has 150 valence electrons. The maximum atomic E-state index is 14.2. The first-order chi connectivity index (χ1) is 14.5. The van der Waals surface area contributed by atoms with Crippen molar-refractivity contribution in [3.05, 3.63) is 99.8 Å². The standard InChI is InChI=1S/C24H18ClFN2O2/c1-30-20-11-10-16(18(14-20)13-17-6-2-4-8-22(17)26)12-19(15-27)24(29)28-23-9-5-3-7-21(23)25/h2-12,14H,13H2,1H3,(H,28,29)/b19-12+. The molecule has 6 heteroatoms. The molecule has 30 heavy (non-hydrogen) atoms. The minimum Gasteiger partial charge on any atom is -0.497 e. The molecule has 0 spiro atoms. The number of carbonyl (C=O) groups excluding carboxylic acids is 1. The van der Waals surface area contributed by atoms with Gasteiger partial charge < -0.3 is 10.1 Å². The summed E-state index contributed by atoms with van der Waals surface area (Å²) in [5.74, 6) is -0.317. The van der Waals surface area contributed by atoms with Gasteiger partial charge in [-0.2, -0.15) is 5.26 Å². The van der Waals surface area contributed by atoms with Gasteiger partial charge >= 0.3 is 0 Å². The highest BCUT2D eigenvalue weighted by Gasteiger charge is 2.14. The van der Waals surface area contributed by atoms with E-state index in [1.54, 1.807) is 60.7 Å². The Kier molecular flexibility index (Phi) is 6.84. The van der Waals surface area contributed by atoms with E-state index in [1.165, 1.54) is 19.3 Å². The van der Waals surface area contributed by atoms with Crippen LogP contribution in [0.15, 0.2) is 72.3 Å². The molecule has 3 aromatic rings. The number of carbonyl (C=O) groups is 1. The summed E-state index contributed by atoms with van der Waals surface area (Å²) in [4.78, 5) is 12.6. The zero-order valence-electron chi connectivity index (χ0n) is 16.2. The molecule has 3 rings (SSSR count). The van der Waals surface area contributed by atoms with Crippen molar-refractivity contribution in [3.8, 4) is 11.8 Å². The van der Waals surface area contributed by atoms with Crippen LogP contribution in [0.3, 0.4) is 0 Å². The predicted octanol–water partition coefficient (Wildman–Crippen LogP) is 5.62. The molecule has 1 amide bonds. The Morgan fingerprint density at radius 2 is 1.87 bits per heavy atom. The van der Waals surface area contributed by atoms with Gasteiger partial charge in [0.1, 0.15) is 23.2 Å². The van der Waals surface area contributed by atoms with Crippen LogP contribution >= 0.6 is 11.6 Å². The number of para-hydroxylation sites is 1. The topological polar surface area (TPSA) is 62.1 Å². The maximum absolute atomic E-state index is 14.2. The van der Waals surface area contributed by atoms with Gasteiger partial charge in [-0.1, -0.05) is 48.0 Å². The average Bonchev–Trinajstić information content (AvgIpc) is 2.75. The number of benzene rings is 3. The molecule has 0 unspecified atom stereocenters. The van der Waals surface area contributed by atoms with E-state index in [-0.39, 0.29) is 17.8 Å². The fourth-order valence-electron chi connectivity index (χ4n) is 2.91. The normalized spacial score (nSPS) is 10.9. The number of ether oxygens (including phenoxy) is 1. The molecule has 0 aliphatic carbocycles. The minimum atomic E-state index is -0.585. The van der Waals surface area contributed by atoms with E-state index < -0.39 is 5.91 Å². The molecular formula is C24H18ClFN2O2. The van der Waals surface area contributed by atoms with Crippen molar-refractivity contribution in [1.82, 2.24) is 0 Å². The van der Waals surface area contributed by atoms with Gasteiger partial charge in [0.25, 0.3) is 5.91 Å². The smallest absolute Gasteiger partial charge is 0.266 e. The Bertz CT molecular complexity index is 1150. The summed E-state index contributed by atoms with van der Waals surface area (Å²) in [6.07, 6.45) is 1.75. The van der Waals surface area contributed by atoms with Gasteiger partial charge in [0.2, 0.25) is 0 Å². The Morgan fingerprint density at radius 3 is 2.57 bits per heavy atom. The number of hydrogen-bond donors (Lipinski definition) is 1. The van der Waals surface area contributed by atoms with Gasteiger partial charge in [0.15, 0.2) is 0 Å². The Labute approximate surface area is 179 Å². The number of nitrogens with zero attached hydrogens (tertiary/aromatic N) is 1. The fourth-order valence-corrected chi connectivity index (χ4v) is 3.09. The van der Waals surface area contributed by atoms with E-state index in [4.69, 9.17) is 16.3 Å². The lowest BCUT2D eigenvalue weighted by atomic mass is 9.97. The molecule has 0 radical (unpaired) electrons. The minimum absolute atomic E-state index is 0.102. The first-order valence-electron chi connectivity index (χ1n) is 9.10.